The third kappa shape index (κ3) is 3.70. The summed E-state index contributed by atoms with van der Waals surface area (Å²) < 4.78 is 0. The van der Waals surface area contributed by atoms with Gasteiger partial charge < -0.3 is 10.4 Å². The van der Waals surface area contributed by atoms with Crippen molar-refractivity contribution in [3.63, 3.8) is 0 Å². The normalized spacial score (nSPS) is 22.9. The molecule has 0 bridgehead atoms. The first-order chi connectivity index (χ1) is 9.88. The van der Waals surface area contributed by atoms with Gasteiger partial charge in [-0.3, -0.25) is 9.59 Å². The molecule has 0 spiro atoms. The van der Waals surface area contributed by atoms with Crippen molar-refractivity contribution in [2.45, 2.75) is 25.1 Å². The van der Waals surface area contributed by atoms with Crippen LogP contribution in [0.25, 0.3) is 0 Å². The van der Waals surface area contributed by atoms with E-state index in [1.807, 2.05) is 0 Å². The Morgan fingerprint density at radius 3 is 2.86 bits per heavy atom. The average Bonchev–Trinajstić information content (AvgIpc) is 2.83. The van der Waals surface area contributed by atoms with Crippen LogP contribution in [-0.2, 0) is 9.59 Å². The first-order valence-electron chi connectivity index (χ1n) is 6.02. The van der Waals surface area contributed by atoms with E-state index in [1.54, 1.807) is 6.92 Å². The monoisotopic (exact) mass is 373 g/mol. The summed E-state index contributed by atoms with van der Waals surface area (Å²) in [6, 6.07) is 0. The van der Waals surface area contributed by atoms with Crippen LogP contribution in [0.1, 0.15) is 20.3 Å². The quantitative estimate of drug-likeness (QED) is 0.623. The Labute approximate surface area is 132 Å². The Morgan fingerprint density at radius 1 is 1.48 bits per heavy atom. The maximum atomic E-state index is 11.9. The summed E-state index contributed by atoms with van der Waals surface area (Å²) in [5, 5.41) is 27.8. The Balaban J connectivity index is 2.19. The van der Waals surface area contributed by atoms with E-state index in [2.05, 4.69) is 41.7 Å². The number of amides is 1. The highest BCUT2D eigenvalue weighted by Gasteiger charge is 2.32. The molecule has 0 aromatic carbocycles. The number of azo groups is 1. The molecule has 10 heteroatoms. The number of nitrogens with one attached hydrogen (secondary N) is 1. The minimum absolute atomic E-state index is 0.0769. The zero-order valence-electron chi connectivity index (χ0n) is 11.2. The number of carbonyl (C=O) groups is 2. The molecule has 2 N–H and O–H groups in total. The molecule has 8 nitrogen and oxygen atoms in total. The molecule has 1 aromatic rings. The van der Waals surface area contributed by atoms with Gasteiger partial charge in [-0.1, -0.05) is 34.2 Å². The summed E-state index contributed by atoms with van der Waals surface area (Å²) in [5.74, 6) is -0.842. The van der Waals surface area contributed by atoms with E-state index in [4.69, 9.17) is 0 Å². The van der Waals surface area contributed by atoms with Crippen LogP contribution in [0.2, 0.25) is 0 Å². The van der Waals surface area contributed by atoms with Crippen molar-refractivity contribution < 1.29 is 14.7 Å². The zero-order chi connectivity index (χ0) is 15.6. The van der Waals surface area contributed by atoms with Gasteiger partial charge in [0, 0.05) is 12.8 Å². The number of aromatic nitrogens is 2. The van der Waals surface area contributed by atoms with Crippen molar-refractivity contribution in [1.82, 2.24) is 10.2 Å². The Morgan fingerprint density at radius 2 is 2.19 bits per heavy atom. The molecule has 1 heterocycles. The molecular weight excluding hydrogens is 362 g/mol. The number of hydrogen-bond acceptors (Lipinski definition) is 8. The van der Waals surface area contributed by atoms with E-state index in [0.717, 1.165) is 11.3 Å². The molecule has 0 radical (unpaired) electrons. The molecule has 0 aliphatic heterocycles. The molecule has 1 amide bonds. The lowest BCUT2D eigenvalue weighted by molar-refractivity contribution is -0.116. The molecule has 1 aliphatic carbocycles. The topological polar surface area (TPSA) is 117 Å². The molecule has 0 saturated heterocycles. The first-order valence-corrected chi connectivity index (χ1v) is 7.76. The van der Waals surface area contributed by atoms with Crippen LogP contribution in [0.15, 0.2) is 21.7 Å². The molecular formula is C11H12BrN5O3S. The number of nitrogens with zero attached hydrogens (tertiary/aromatic N) is 4. The number of Topliss-reactive ketones (excluding diaryl/α,β-unsaturated/α-hetero) is 1. The van der Waals surface area contributed by atoms with Gasteiger partial charge in [-0.05, 0) is 6.42 Å². The first kappa shape index (κ1) is 15.7. The second-order valence-corrected chi connectivity index (χ2v) is 6.53. The van der Waals surface area contributed by atoms with Gasteiger partial charge in [0.2, 0.25) is 11.0 Å². The van der Waals surface area contributed by atoms with Crippen LogP contribution in [0.5, 0.6) is 0 Å². The lowest BCUT2D eigenvalue weighted by Crippen LogP contribution is -2.26. The van der Waals surface area contributed by atoms with E-state index >= 15 is 0 Å². The fourth-order valence-electron chi connectivity index (χ4n) is 1.69. The number of rotatable bonds is 3. The smallest absolute Gasteiger partial charge is 0.253 e. The van der Waals surface area contributed by atoms with Gasteiger partial charge in [-0.25, -0.2) is 0 Å². The second kappa shape index (κ2) is 6.39. The molecule has 21 heavy (non-hydrogen) atoms. The van der Waals surface area contributed by atoms with Crippen molar-refractivity contribution in [1.29, 1.82) is 0 Å². The van der Waals surface area contributed by atoms with Crippen LogP contribution < -0.4 is 5.32 Å². The average molecular weight is 374 g/mol. The standard InChI is InChI=1S/C11H12BrN5O3S/c1-4-3-6(12)9(20)7(8(4)19)14-16-11-17-15-10(21-11)13-5(2)18/h4,6,19H,3H2,1-2H3,(H,13,15,18). The van der Waals surface area contributed by atoms with Crippen molar-refractivity contribution in [3.05, 3.63) is 11.5 Å². The Kier molecular flexibility index (Phi) is 4.78. The van der Waals surface area contributed by atoms with Crippen LogP contribution in [0.4, 0.5) is 10.3 Å². The predicted molar refractivity (Wildman–Crippen MR) is 79.9 cm³/mol. The summed E-state index contributed by atoms with van der Waals surface area (Å²) in [6.45, 7) is 3.15. The van der Waals surface area contributed by atoms with E-state index in [-0.39, 0.29) is 44.2 Å². The molecule has 1 aromatic heterocycles. The highest BCUT2D eigenvalue weighted by atomic mass is 79.9. The minimum Gasteiger partial charge on any atom is -0.510 e. The minimum atomic E-state index is -0.387. The highest BCUT2D eigenvalue weighted by molar-refractivity contribution is 9.10. The van der Waals surface area contributed by atoms with Crippen LogP contribution in [0, 0.1) is 5.92 Å². The number of hydrogen-bond donors (Lipinski definition) is 2. The SMILES string of the molecule is CC(=O)Nc1nnc(N=NC2=C(O)C(C)CC(Br)C2=O)s1. The third-order valence-corrected chi connectivity index (χ3v) is 4.23. The summed E-state index contributed by atoms with van der Waals surface area (Å²) >= 11 is 4.26. The second-order valence-electron chi connectivity index (χ2n) is 4.47. The Hall–Kier alpha value is -1.68. The lowest BCUT2D eigenvalue weighted by atomic mass is 9.92. The molecule has 1 aliphatic rings. The number of allylic oxidation sites excluding steroid dienone is 2. The van der Waals surface area contributed by atoms with E-state index in [9.17, 15) is 14.7 Å². The predicted octanol–water partition coefficient (Wildman–Crippen LogP) is 2.72. The summed E-state index contributed by atoms with van der Waals surface area (Å²) in [4.78, 5) is 22.4. The summed E-state index contributed by atoms with van der Waals surface area (Å²) in [5.41, 5.74) is -0.0769. The fraction of sp³-hybridized carbons (Fsp3) is 0.455. The van der Waals surface area contributed by atoms with Gasteiger partial charge in [0.1, 0.15) is 5.76 Å². The number of aliphatic hydroxyl groups excluding tert-OH is 1. The number of carbonyl (C=O) groups excluding carboxylic acids is 2. The van der Waals surface area contributed by atoms with Crippen molar-refractivity contribution >= 4 is 49.2 Å². The van der Waals surface area contributed by atoms with Crippen molar-refractivity contribution in [2.24, 2.45) is 16.1 Å². The van der Waals surface area contributed by atoms with Crippen molar-refractivity contribution in [3.8, 4) is 0 Å². The Bertz CT molecular complexity index is 642. The lowest BCUT2D eigenvalue weighted by Gasteiger charge is -2.21. The third-order valence-electron chi connectivity index (χ3n) is 2.72. The molecule has 112 valence electrons. The zero-order valence-corrected chi connectivity index (χ0v) is 13.6. The van der Waals surface area contributed by atoms with E-state index in [1.165, 1.54) is 6.92 Å². The van der Waals surface area contributed by atoms with Gasteiger partial charge in [-0.15, -0.1) is 20.4 Å². The van der Waals surface area contributed by atoms with Crippen LogP contribution >= 0.6 is 27.3 Å². The molecule has 0 fully saturated rings. The van der Waals surface area contributed by atoms with Crippen molar-refractivity contribution in [2.75, 3.05) is 5.32 Å². The number of alkyl halides is 1. The van der Waals surface area contributed by atoms with Gasteiger partial charge >= 0.3 is 0 Å². The van der Waals surface area contributed by atoms with Gasteiger partial charge in [0.15, 0.2) is 11.5 Å². The number of ketones is 1. The highest BCUT2D eigenvalue weighted by Crippen LogP contribution is 2.32. The van der Waals surface area contributed by atoms with Crippen LogP contribution in [-0.4, -0.2) is 31.8 Å². The molecule has 2 unspecified atom stereocenters. The molecule has 2 atom stereocenters. The van der Waals surface area contributed by atoms with Gasteiger partial charge in [0.25, 0.3) is 5.13 Å². The summed E-state index contributed by atoms with van der Waals surface area (Å²) in [6.07, 6.45) is 0.509. The number of halogens is 1. The molecule has 0 saturated carbocycles. The maximum absolute atomic E-state index is 11.9. The number of anilines is 1. The van der Waals surface area contributed by atoms with Crippen LogP contribution in [0.3, 0.4) is 0 Å². The van der Waals surface area contributed by atoms with E-state index < -0.39 is 0 Å². The fourth-order valence-corrected chi connectivity index (χ4v) is 3.08. The van der Waals surface area contributed by atoms with E-state index in [0.29, 0.717) is 6.42 Å². The largest absolute Gasteiger partial charge is 0.510 e. The number of aliphatic hydroxyl groups is 1. The molecule has 2 rings (SSSR count). The van der Waals surface area contributed by atoms with Gasteiger partial charge in [0.05, 0.1) is 4.83 Å². The summed E-state index contributed by atoms with van der Waals surface area (Å²) in [7, 11) is 0. The van der Waals surface area contributed by atoms with Gasteiger partial charge in [-0.2, -0.15) is 0 Å². The maximum Gasteiger partial charge on any atom is 0.253 e.